The molecule has 2 aromatic rings. The van der Waals surface area contributed by atoms with Gasteiger partial charge in [0.1, 0.15) is 0 Å². The molecule has 1 aromatic carbocycles. The molecule has 0 fully saturated rings. The van der Waals surface area contributed by atoms with E-state index in [4.69, 9.17) is 0 Å². The zero-order valence-electron chi connectivity index (χ0n) is 10.8. The normalized spacial score (nSPS) is 15.4. The highest BCUT2D eigenvalue weighted by Crippen LogP contribution is 2.26. The van der Waals surface area contributed by atoms with E-state index >= 15 is 0 Å². The molecular formula is C16H13NO2S. The predicted octanol–water partition coefficient (Wildman–Crippen LogP) is 3.23. The minimum Gasteiger partial charge on any atom is -0.275 e. The van der Waals surface area contributed by atoms with Crippen molar-refractivity contribution in [3.63, 3.8) is 0 Å². The molecule has 0 unspecified atom stereocenters. The van der Waals surface area contributed by atoms with Crippen molar-refractivity contribution in [1.29, 1.82) is 0 Å². The van der Waals surface area contributed by atoms with Gasteiger partial charge in [0.2, 0.25) is 0 Å². The van der Waals surface area contributed by atoms with Gasteiger partial charge in [0.05, 0.1) is 0 Å². The molecule has 1 aliphatic rings. The number of rotatable bonds is 2. The Morgan fingerprint density at radius 2 is 2.15 bits per heavy atom. The van der Waals surface area contributed by atoms with E-state index in [0.29, 0.717) is 6.54 Å². The minimum absolute atomic E-state index is 0.234. The third-order valence-electron chi connectivity index (χ3n) is 3.15. The zero-order chi connectivity index (χ0) is 13.9. The Morgan fingerprint density at radius 1 is 1.30 bits per heavy atom. The summed E-state index contributed by atoms with van der Waals surface area (Å²) in [7, 11) is 0. The quantitative estimate of drug-likeness (QED) is 0.794. The molecule has 0 spiro atoms. The van der Waals surface area contributed by atoms with Gasteiger partial charge in [-0.05, 0) is 36.1 Å². The summed E-state index contributed by atoms with van der Waals surface area (Å²) in [6.07, 6.45) is 7.23. The number of hydrogen-bond acceptors (Lipinski definition) is 3. The topological polar surface area (TPSA) is 37.4 Å². The molecule has 0 saturated carbocycles. The fraction of sp³-hybridized carbons (Fsp3) is 0.125. The molecule has 0 saturated heterocycles. The van der Waals surface area contributed by atoms with E-state index in [0.717, 1.165) is 11.3 Å². The summed E-state index contributed by atoms with van der Waals surface area (Å²) in [5.74, 6) is -0.487. The van der Waals surface area contributed by atoms with Crippen molar-refractivity contribution < 1.29 is 9.59 Å². The van der Waals surface area contributed by atoms with Gasteiger partial charge in [0, 0.05) is 22.2 Å². The Labute approximate surface area is 120 Å². The van der Waals surface area contributed by atoms with Crippen LogP contribution in [0.15, 0.2) is 48.6 Å². The van der Waals surface area contributed by atoms with Crippen LogP contribution in [-0.2, 0) is 9.59 Å². The first-order valence-corrected chi connectivity index (χ1v) is 7.24. The van der Waals surface area contributed by atoms with E-state index in [9.17, 15) is 9.59 Å². The molecule has 0 radical (unpaired) electrons. The van der Waals surface area contributed by atoms with Crippen molar-refractivity contribution in [2.24, 2.45) is 0 Å². The summed E-state index contributed by atoms with van der Waals surface area (Å²) in [6, 6.07) is 10.1. The Balaban J connectivity index is 1.78. The number of amides is 2. The van der Waals surface area contributed by atoms with Crippen LogP contribution in [0.2, 0.25) is 0 Å². The Bertz CT molecular complexity index is 694. The Kier molecular flexibility index (Phi) is 3.48. The van der Waals surface area contributed by atoms with Gasteiger partial charge in [0.15, 0.2) is 0 Å². The second-order valence-electron chi connectivity index (χ2n) is 4.54. The summed E-state index contributed by atoms with van der Waals surface area (Å²) in [5.41, 5.74) is 0. The Morgan fingerprint density at radius 3 is 2.95 bits per heavy atom. The SMILES string of the molecule is O=C1C=CCCN1C(=O)/C=C/c1cc2ccccc2s1. The van der Waals surface area contributed by atoms with E-state index < -0.39 is 0 Å². The molecule has 3 nitrogen and oxygen atoms in total. The molecule has 100 valence electrons. The molecule has 20 heavy (non-hydrogen) atoms. The standard InChI is InChI=1S/C16H13NO2S/c18-15-7-3-4-10-17(15)16(19)9-8-13-11-12-5-1-2-6-14(12)20-13/h1-3,5-9,11H,4,10H2/b9-8+. The summed E-state index contributed by atoms with van der Waals surface area (Å²) < 4.78 is 1.19. The van der Waals surface area contributed by atoms with E-state index in [-0.39, 0.29) is 11.8 Å². The Hall–Kier alpha value is -2.20. The molecule has 0 N–H and O–H groups in total. The van der Waals surface area contributed by atoms with Crippen LogP contribution in [0.3, 0.4) is 0 Å². The van der Waals surface area contributed by atoms with Crippen LogP contribution in [-0.4, -0.2) is 23.3 Å². The first-order chi connectivity index (χ1) is 9.74. The van der Waals surface area contributed by atoms with Gasteiger partial charge < -0.3 is 0 Å². The molecule has 4 heteroatoms. The van der Waals surface area contributed by atoms with Crippen LogP contribution in [0.5, 0.6) is 0 Å². The number of thiophene rings is 1. The number of nitrogens with zero attached hydrogens (tertiary/aromatic N) is 1. The van der Waals surface area contributed by atoms with Crippen molar-refractivity contribution in [2.75, 3.05) is 6.54 Å². The highest BCUT2D eigenvalue weighted by Gasteiger charge is 2.18. The maximum Gasteiger partial charge on any atom is 0.253 e. The maximum atomic E-state index is 12.0. The molecule has 0 bridgehead atoms. The highest BCUT2D eigenvalue weighted by atomic mass is 32.1. The lowest BCUT2D eigenvalue weighted by Gasteiger charge is -2.19. The monoisotopic (exact) mass is 283 g/mol. The van der Waals surface area contributed by atoms with E-state index in [1.165, 1.54) is 27.1 Å². The molecule has 0 atom stereocenters. The second kappa shape index (κ2) is 5.43. The minimum atomic E-state index is -0.253. The van der Waals surface area contributed by atoms with Crippen molar-refractivity contribution >= 4 is 39.3 Å². The van der Waals surface area contributed by atoms with Crippen LogP contribution in [0.1, 0.15) is 11.3 Å². The number of hydrogen-bond donors (Lipinski definition) is 0. The van der Waals surface area contributed by atoms with Gasteiger partial charge in [-0.2, -0.15) is 0 Å². The van der Waals surface area contributed by atoms with Gasteiger partial charge in [-0.25, -0.2) is 0 Å². The third-order valence-corrected chi connectivity index (χ3v) is 4.23. The zero-order valence-corrected chi connectivity index (χ0v) is 11.6. The lowest BCUT2D eigenvalue weighted by atomic mass is 10.2. The van der Waals surface area contributed by atoms with Crippen LogP contribution < -0.4 is 0 Å². The first-order valence-electron chi connectivity index (χ1n) is 6.43. The van der Waals surface area contributed by atoms with Crippen molar-refractivity contribution in [3.05, 3.63) is 53.4 Å². The molecule has 3 rings (SSSR count). The summed E-state index contributed by atoms with van der Waals surface area (Å²) in [6.45, 7) is 0.463. The van der Waals surface area contributed by atoms with E-state index in [2.05, 4.69) is 6.07 Å². The fourth-order valence-corrected chi connectivity index (χ4v) is 3.10. The molecule has 1 aliphatic heterocycles. The largest absolute Gasteiger partial charge is 0.275 e. The average Bonchev–Trinajstić information content (AvgIpc) is 2.88. The number of benzene rings is 1. The lowest BCUT2D eigenvalue weighted by Crippen LogP contribution is -2.37. The average molecular weight is 283 g/mol. The smallest absolute Gasteiger partial charge is 0.253 e. The van der Waals surface area contributed by atoms with E-state index in [1.807, 2.05) is 24.3 Å². The predicted molar refractivity (Wildman–Crippen MR) is 81.3 cm³/mol. The number of carbonyl (C=O) groups excluding carboxylic acids is 2. The summed E-state index contributed by atoms with van der Waals surface area (Å²) in [4.78, 5) is 25.8. The lowest BCUT2D eigenvalue weighted by molar-refractivity contribution is -0.139. The van der Waals surface area contributed by atoms with Crippen LogP contribution in [0.25, 0.3) is 16.2 Å². The molecule has 1 aromatic heterocycles. The first kappa shape index (κ1) is 12.8. The number of carbonyl (C=O) groups is 2. The van der Waals surface area contributed by atoms with E-state index in [1.54, 1.807) is 23.5 Å². The van der Waals surface area contributed by atoms with Crippen LogP contribution in [0, 0.1) is 0 Å². The van der Waals surface area contributed by atoms with Crippen molar-refractivity contribution in [1.82, 2.24) is 4.90 Å². The molecule has 0 aliphatic carbocycles. The van der Waals surface area contributed by atoms with Crippen LogP contribution in [0.4, 0.5) is 0 Å². The highest BCUT2D eigenvalue weighted by molar-refractivity contribution is 7.19. The van der Waals surface area contributed by atoms with Gasteiger partial charge in [-0.15, -0.1) is 11.3 Å². The number of imide groups is 1. The maximum absolute atomic E-state index is 12.0. The number of fused-ring (bicyclic) bond motifs is 1. The summed E-state index contributed by atoms with van der Waals surface area (Å²) >= 11 is 1.63. The van der Waals surface area contributed by atoms with Gasteiger partial charge >= 0.3 is 0 Å². The molecule has 2 amide bonds. The fourth-order valence-electron chi connectivity index (χ4n) is 2.13. The third kappa shape index (κ3) is 2.56. The van der Waals surface area contributed by atoms with Gasteiger partial charge in [0.25, 0.3) is 11.8 Å². The molecule has 2 heterocycles. The van der Waals surface area contributed by atoms with Gasteiger partial charge in [-0.3, -0.25) is 14.5 Å². The van der Waals surface area contributed by atoms with Crippen LogP contribution >= 0.6 is 11.3 Å². The summed E-state index contributed by atoms with van der Waals surface area (Å²) in [5, 5.41) is 1.17. The molecular weight excluding hydrogens is 270 g/mol. The van der Waals surface area contributed by atoms with Crippen molar-refractivity contribution in [2.45, 2.75) is 6.42 Å². The van der Waals surface area contributed by atoms with Gasteiger partial charge in [-0.1, -0.05) is 24.3 Å². The van der Waals surface area contributed by atoms with Crippen molar-refractivity contribution in [3.8, 4) is 0 Å². The second-order valence-corrected chi connectivity index (χ2v) is 5.65.